The van der Waals surface area contributed by atoms with Crippen molar-refractivity contribution < 1.29 is 4.39 Å². The number of benzene rings is 1. The molecule has 0 aliphatic heterocycles. The van der Waals surface area contributed by atoms with Gasteiger partial charge in [0.2, 0.25) is 0 Å². The van der Waals surface area contributed by atoms with Crippen molar-refractivity contribution in [2.24, 2.45) is 0 Å². The minimum atomic E-state index is -0.182. The third kappa shape index (κ3) is 3.17. The Morgan fingerprint density at radius 2 is 2.07 bits per heavy atom. The van der Waals surface area contributed by atoms with Crippen LogP contribution in [0.2, 0.25) is 0 Å². The second-order valence-electron chi connectivity index (χ2n) is 4.01. The van der Waals surface area contributed by atoms with Crippen LogP contribution in [-0.4, -0.2) is 7.05 Å². The van der Waals surface area contributed by atoms with E-state index in [1.54, 1.807) is 6.07 Å². The van der Waals surface area contributed by atoms with Gasteiger partial charge in [0.25, 0.3) is 0 Å². The average Bonchev–Trinajstić information content (AvgIpc) is 2.18. The van der Waals surface area contributed by atoms with Gasteiger partial charge < -0.3 is 5.32 Å². The Bertz CT molecular complexity index is 365. The van der Waals surface area contributed by atoms with Crippen molar-refractivity contribution in [2.45, 2.75) is 26.8 Å². The predicted molar refractivity (Wildman–Crippen MR) is 62.4 cm³/mol. The first kappa shape index (κ1) is 11.9. The van der Waals surface area contributed by atoms with Gasteiger partial charge in [-0.25, -0.2) is 4.39 Å². The van der Waals surface area contributed by atoms with E-state index in [4.69, 9.17) is 0 Å². The number of aryl methyl sites for hydroxylation is 1. The Hall–Kier alpha value is -1.15. The van der Waals surface area contributed by atoms with Crippen LogP contribution < -0.4 is 5.32 Å². The van der Waals surface area contributed by atoms with E-state index < -0.39 is 0 Å². The number of hydrogen-bond acceptors (Lipinski definition) is 1. The van der Waals surface area contributed by atoms with Gasteiger partial charge in [-0.05, 0) is 51.1 Å². The van der Waals surface area contributed by atoms with Gasteiger partial charge in [0, 0.05) is 0 Å². The SMILES string of the molecule is CNC(C=C(C)C)c1cc(F)ccc1C. The summed E-state index contributed by atoms with van der Waals surface area (Å²) in [6, 6.07) is 4.99. The number of rotatable bonds is 3. The quantitative estimate of drug-likeness (QED) is 0.749. The highest BCUT2D eigenvalue weighted by molar-refractivity contribution is 5.32. The van der Waals surface area contributed by atoms with Gasteiger partial charge in [0.05, 0.1) is 6.04 Å². The Balaban J connectivity index is 3.11. The number of hydrogen-bond donors (Lipinski definition) is 1. The summed E-state index contributed by atoms with van der Waals surface area (Å²) in [5.41, 5.74) is 3.32. The summed E-state index contributed by atoms with van der Waals surface area (Å²) in [6.45, 7) is 6.08. The Morgan fingerprint density at radius 3 is 2.60 bits per heavy atom. The molecular formula is C13H18FN. The molecule has 1 aromatic carbocycles. The molecule has 0 aliphatic rings. The van der Waals surface area contributed by atoms with Crippen molar-refractivity contribution in [3.05, 3.63) is 46.8 Å². The van der Waals surface area contributed by atoms with Crippen LogP contribution in [0.1, 0.15) is 31.0 Å². The van der Waals surface area contributed by atoms with Crippen molar-refractivity contribution >= 4 is 0 Å². The van der Waals surface area contributed by atoms with Crippen LogP contribution in [0.3, 0.4) is 0 Å². The van der Waals surface area contributed by atoms with Gasteiger partial charge in [-0.15, -0.1) is 0 Å². The minimum Gasteiger partial charge on any atom is -0.310 e. The van der Waals surface area contributed by atoms with Crippen molar-refractivity contribution in [3.63, 3.8) is 0 Å². The van der Waals surface area contributed by atoms with E-state index in [1.165, 1.54) is 11.6 Å². The molecule has 0 radical (unpaired) electrons. The van der Waals surface area contributed by atoms with Gasteiger partial charge in [-0.2, -0.15) is 0 Å². The van der Waals surface area contributed by atoms with Gasteiger partial charge >= 0.3 is 0 Å². The molecule has 0 spiro atoms. The number of allylic oxidation sites excluding steroid dienone is 1. The molecule has 0 fully saturated rings. The molecule has 0 heterocycles. The molecule has 15 heavy (non-hydrogen) atoms. The molecule has 0 saturated heterocycles. The van der Waals surface area contributed by atoms with E-state index in [-0.39, 0.29) is 11.9 Å². The molecule has 0 aliphatic carbocycles. The van der Waals surface area contributed by atoms with Crippen molar-refractivity contribution in [1.82, 2.24) is 5.32 Å². The topological polar surface area (TPSA) is 12.0 Å². The van der Waals surface area contributed by atoms with Gasteiger partial charge in [-0.3, -0.25) is 0 Å². The van der Waals surface area contributed by atoms with Crippen LogP contribution in [-0.2, 0) is 0 Å². The lowest BCUT2D eigenvalue weighted by Crippen LogP contribution is -2.15. The third-order valence-corrected chi connectivity index (χ3v) is 2.39. The zero-order chi connectivity index (χ0) is 11.4. The van der Waals surface area contributed by atoms with E-state index >= 15 is 0 Å². The first-order valence-electron chi connectivity index (χ1n) is 5.13. The zero-order valence-corrected chi connectivity index (χ0v) is 9.76. The fourth-order valence-electron chi connectivity index (χ4n) is 1.61. The monoisotopic (exact) mass is 207 g/mol. The summed E-state index contributed by atoms with van der Waals surface area (Å²) in [5.74, 6) is -0.182. The van der Waals surface area contributed by atoms with E-state index in [1.807, 2.05) is 33.9 Å². The molecule has 1 unspecified atom stereocenters. The van der Waals surface area contributed by atoms with Crippen LogP contribution in [0.25, 0.3) is 0 Å². The highest BCUT2D eigenvalue weighted by Gasteiger charge is 2.09. The van der Waals surface area contributed by atoms with E-state index in [2.05, 4.69) is 11.4 Å². The van der Waals surface area contributed by atoms with Gasteiger partial charge in [0.1, 0.15) is 5.82 Å². The predicted octanol–water partition coefficient (Wildman–Crippen LogP) is 3.36. The fraction of sp³-hybridized carbons (Fsp3) is 0.385. The van der Waals surface area contributed by atoms with Crippen LogP contribution in [0.5, 0.6) is 0 Å². The zero-order valence-electron chi connectivity index (χ0n) is 9.76. The molecule has 0 bridgehead atoms. The minimum absolute atomic E-state index is 0.0886. The summed E-state index contributed by atoms with van der Waals surface area (Å²) in [5, 5.41) is 3.17. The van der Waals surface area contributed by atoms with Crippen molar-refractivity contribution in [2.75, 3.05) is 7.05 Å². The Kier molecular flexibility index (Phi) is 4.04. The highest BCUT2D eigenvalue weighted by atomic mass is 19.1. The first-order valence-corrected chi connectivity index (χ1v) is 5.13. The van der Waals surface area contributed by atoms with Crippen molar-refractivity contribution in [3.8, 4) is 0 Å². The molecule has 0 amide bonds. The maximum atomic E-state index is 13.1. The summed E-state index contributed by atoms with van der Waals surface area (Å²) in [4.78, 5) is 0. The normalized spacial score (nSPS) is 12.3. The second kappa shape index (κ2) is 5.08. The van der Waals surface area contributed by atoms with E-state index in [0.717, 1.165) is 11.1 Å². The lowest BCUT2D eigenvalue weighted by atomic mass is 9.99. The maximum absolute atomic E-state index is 13.1. The number of likely N-dealkylation sites (N-methyl/N-ethyl adjacent to an activating group) is 1. The van der Waals surface area contributed by atoms with Crippen LogP contribution in [0.15, 0.2) is 29.8 Å². The second-order valence-corrected chi connectivity index (χ2v) is 4.01. The molecular weight excluding hydrogens is 189 g/mol. The molecule has 1 rings (SSSR count). The van der Waals surface area contributed by atoms with Gasteiger partial charge in [0.15, 0.2) is 0 Å². The summed E-state index contributed by atoms with van der Waals surface area (Å²) < 4.78 is 13.1. The summed E-state index contributed by atoms with van der Waals surface area (Å²) >= 11 is 0. The smallest absolute Gasteiger partial charge is 0.123 e. The standard InChI is InChI=1S/C13H18FN/c1-9(2)7-13(15-4)12-8-11(14)6-5-10(12)3/h5-8,13,15H,1-4H3. The summed E-state index contributed by atoms with van der Waals surface area (Å²) in [7, 11) is 1.88. The molecule has 0 saturated carbocycles. The molecule has 82 valence electrons. The number of nitrogens with one attached hydrogen (secondary N) is 1. The lowest BCUT2D eigenvalue weighted by Gasteiger charge is -2.15. The molecule has 2 heteroatoms. The molecule has 1 nitrogen and oxygen atoms in total. The van der Waals surface area contributed by atoms with Crippen LogP contribution >= 0.6 is 0 Å². The lowest BCUT2D eigenvalue weighted by molar-refractivity contribution is 0.617. The van der Waals surface area contributed by atoms with E-state index in [9.17, 15) is 4.39 Å². The van der Waals surface area contributed by atoms with Crippen LogP contribution in [0.4, 0.5) is 4.39 Å². The molecule has 1 N–H and O–H groups in total. The Morgan fingerprint density at radius 1 is 1.40 bits per heavy atom. The Labute approximate surface area is 91.0 Å². The summed E-state index contributed by atoms with van der Waals surface area (Å²) in [6.07, 6.45) is 2.10. The average molecular weight is 207 g/mol. The van der Waals surface area contributed by atoms with E-state index in [0.29, 0.717) is 0 Å². The molecule has 0 aromatic heterocycles. The van der Waals surface area contributed by atoms with Crippen LogP contribution in [0, 0.1) is 12.7 Å². The highest BCUT2D eigenvalue weighted by Crippen LogP contribution is 2.20. The molecule has 1 atom stereocenters. The van der Waals surface area contributed by atoms with Gasteiger partial charge in [-0.1, -0.05) is 17.7 Å². The fourth-order valence-corrected chi connectivity index (χ4v) is 1.61. The molecule has 1 aromatic rings. The largest absolute Gasteiger partial charge is 0.310 e. The maximum Gasteiger partial charge on any atom is 0.123 e. The first-order chi connectivity index (χ1) is 7.04. The van der Waals surface area contributed by atoms with Crippen molar-refractivity contribution in [1.29, 1.82) is 0 Å². The number of halogens is 1. The third-order valence-electron chi connectivity index (χ3n) is 2.39.